The lowest BCUT2D eigenvalue weighted by atomic mass is 10.1. The molecule has 0 saturated heterocycles. The topological polar surface area (TPSA) is 95.7 Å². The third kappa shape index (κ3) is 3.69. The quantitative estimate of drug-likeness (QED) is 0.268. The Morgan fingerprint density at radius 3 is 2.46 bits per heavy atom. The largest absolute Gasteiger partial charge is 0.463 e. The van der Waals surface area contributed by atoms with Gasteiger partial charge in [-0.2, -0.15) is 0 Å². The predicted molar refractivity (Wildman–Crippen MR) is 85.7 cm³/mol. The van der Waals surface area contributed by atoms with Gasteiger partial charge < -0.3 is 9.47 Å². The van der Waals surface area contributed by atoms with Crippen molar-refractivity contribution in [3.05, 3.63) is 62.7 Å². The highest BCUT2D eigenvalue weighted by Crippen LogP contribution is 2.32. The summed E-state index contributed by atoms with van der Waals surface area (Å²) < 4.78 is 9.86. The summed E-state index contributed by atoms with van der Waals surface area (Å²) in [7, 11) is 1.01. The van der Waals surface area contributed by atoms with E-state index in [1.807, 2.05) is 6.92 Å². The Labute approximate surface area is 141 Å². The van der Waals surface area contributed by atoms with Gasteiger partial charge in [0.1, 0.15) is 17.1 Å². The number of halogens is 1. The molecule has 124 valence electrons. The van der Waals surface area contributed by atoms with Crippen molar-refractivity contribution in [2.45, 2.75) is 6.92 Å². The maximum atomic E-state index is 12.0. The normalized spacial score (nSPS) is 10.1. The first-order valence-corrected chi connectivity index (χ1v) is 7.06. The van der Waals surface area contributed by atoms with Gasteiger partial charge in [0, 0.05) is 6.07 Å². The average molecular weight is 350 g/mol. The van der Waals surface area contributed by atoms with Crippen molar-refractivity contribution in [1.29, 1.82) is 0 Å². The third-order valence-electron chi connectivity index (χ3n) is 3.10. The fraction of sp³-hybridized carbons (Fsp3) is 0.125. The number of benzene rings is 2. The first-order chi connectivity index (χ1) is 11.3. The van der Waals surface area contributed by atoms with Gasteiger partial charge in [0.25, 0.3) is 11.5 Å². The number of hydrogen-bond acceptors (Lipinski definition) is 6. The van der Waals surface area contributed by atoms with Gasteiger partial charge in [-0.3, -0.25) is 14.9 Å². The summed E-state index contributed by atoms with van der Waals surface area (Å²) in [5.74, 6) is -1.90. The molecule has 7 nitrogen and oxygen atoms in total. The molecule has 0 aliphatic heterocycles. The summed E-state index contributed by atoms with van der Waals surface area (Å²) in [6.07, 6.45) is 0. The number of nitro groups is 1. The van der Waals surface area contributed by atoms with E-state index in [2.05, 4.69) is 4.74 Å². The van der Waals surface area contributed by atoms with E-state index in [0.29, 0.717) is 10.8 Å². The van der Waals surface area contributed by atoms with Crippen molar-refractivity contribution in [2.24, 2.45) is 0 Å². The van der Waals surface area contributed by atoms with Crippen LogP contribution in [0.1, 0.15) is 15.9 Å². The van der Waals surface area contributed by atoms with E-state index >= 15 is 0 Å². The molecule has 2 aromatic rings. The lowest BCUT2D eigenvalue weighted by Crippen LogP contribution is -2.17. The Morgan fingerprint density at radius 2 is 1.88 bits per heavy atom. The van der Waals surface area contributed by atoms with Gasteiger partial charge in [-0.1, -0.05) is 17.7 Å². The molecule has 0 heterocycles. The number of ether oxygens (including phenoxy) is 2. The van der Waals surface area contributed by atoms with Gasteiger partial charge in [0.05, 0.1) is 17.1 Å². The summed E-state index contributed by atoms with van der Waals surface area (Å²) in [4.78, 5) is 33.6. The molecule has 0 unspecified atom stereocenters. The van der Waals surface area contributed by atoms with Crippen molar-refractivity contribution in [2.75, 3.05) is 7.11 Å². The van der Waals surface area contributed by atoms with Crippen LogP contribution < -0.4 is 4.74 Å². The van der Waals surface area contributed by atoms with Crippen LogP contribution in [-0.4, -0.2) is 23.8 Å². The Bertz CT molecular complexity index is 833. The minimum atomic E-state index is -1.20. The summed E-state index contributed by atoms with van der Waals surface area (Å²) in [6, 6.07) is 8.57. The van der Waals surface area contributed by atoms with Gasteiger partial charge in [0.2, 0.25) is 0 Å². The van der Waals surface area contributed by atoms with Gasteiger partial charge in [-0.25, -0.2) is 4.79 Å². The highest BCUT2D eigenvalue weighted by molar-refractivity contribution is 6.41. The Hall–Kier alpha value is -2.93. The van der Waals surface area contributed by atoms with E-state index in [1.54, 1.807) is 18.2 Å². The zero-order valence-electron chi connectivity index (χ0n) is 12.7. The molecule has 0 amide bonds. The van der Waals surface area contributed by atoms with Crippen LogP contribution in [-0.2, 0) is 9.53 Å². The van der Waals surface area contributed by atoms with Crippen molar-refractivity contribution in [3.63, 3.8) is 0 Å². The van der Waals surface area contributed by atoms with Crippen LogP contribution >= 0.6 is 11.6 Å². The molecule has 0 aliphatic rings. The lowest BCUT2D eigenvalue weighted by Gasteiger charge is -2.09. The Morgan fingerprint density at radius 1 is 1.17 bits per heavy atom. The molecule has 0 bridgehead atoms. The molecule has 2 aromatic carbocycles. The van der Waals surface area contributed by atoms with Crippen molar-refractivity contribution in [1.82, 2.24) is 0 Å². The second-order valence-electron chi connectivity index (χ2n) is 4.79. The molecule has 0 atom stereocenters. The SMILES string of the molecule is COC(=O)C(=O)c1cc(Oc2ccc(C)cc2Cl)ccc1[N+](=O)[O-]. The summed E-state index contributed by atoms with van der Waals surface area (Å²) in [5.41, 5.74) is -0.0158. The fourth-order valence-corrected chi connectivity index (χ4v) is 2.21. The van der Waals surface area contributed by atoms with Gasteiger partial charge in [-0.05, 0) is 36.8 Å². The minimum absolute atomic E-state index is 0.124. The zero-order chi connectivity index (χ0) is 17.9. The summed E-state index contributed by atoms with van der Waals surface area (Å²) in [6.45, 7) is 1.86. The highest BCUT2D eigenvalue weighted by atomic mass is 35.5. The number of carbonyl (C=O) groups is 2. The van der Waals surface area contributed by atoms with Crippen LogP contribution in [0.25, 0.3) is 0 Å². The molecular weight excluding hydrogens is 338 g/mol. The molecule has 0 spiro atoms. The van der Waals surface area contributed by atoms with Crippen molar-refractivity contribution < 1.29 is 24.0 Å². The zero-order valence-corrected chi connectivity index (χ0v) is 13.5. The number of Topliss-reactive ketones (excluding diaryl/α,β-unsaturated/α-hetero) is 1. The van der Waals surface area contributed by atoms with E-state index < -0.39 is 27.9 Å². The number of nitro benzene ring substituents is 1. The van der Waals surface area contributed by atoms with Crippen molar-refractivity contribution in [3.8, 4) is 11.5 Å². The number of esters is 1. The van der Waals surface area contributed by atoms with Crippen LogP contribution in [0.3, 0.4) is 0 Å². The van der Waals surface area contributed by atoms with Gasteiger partial charge in [0.15, 0.2) is 0 Å². The molecule has 0 radical (unpaired) electrons. The Balaban J connectivity index is 2.44. The van der Waals surface area contributed by atoms with Crippen LogP contribution in [0.5, 0.6) is 11.5 Å². The second kappa shape index (κ2) is 7.10. The Kier molecular flexibility index (Phi) is 5.15. The molecule has 0 N–H and O–H groups in total. The monoisotopic (exact) mass is 349 g/mol. The summed E-state index contributed by atoms with van der Waals surface area (Å²) >= 11 is 6.06. The minimum Gasteiger partial charge on any atom is -0.463 e. The molecule has 0 aromatic heterocycles. The van der Waals surface area contributed by atoms with E-state index in [-0.39, 0.29) is 5.75 Å². The van der Waals surface area contributed by atoms with E-state index in [0.717, 1.165) is 24.8 Å². The molecule has 0 fully saturated rings. The predicted octanol–water partition coefficient (Wildman–Crippen LogP) is 3.70. The standard InChI is InChI=1S/C16H12ClNO6/c1-9-3-6-14(12(17)7-9)24-10-4-5-13(18(21)22)11(8-10)15(19)16(20)23-2/h3-8H,1-2H3. The van der Waals surface area contributed by atoms with E-state index in [4.69, 9.17) is 16.3 Å². The summed E-state index contributed by atoms with van der Waals surface area (Å²) in [5, 5.41) is 11.4. The van der Waals surface area contributed by atoms with Crippen LogP contribution in [0, 0.1) is 17.0 Å². The second-order valence-corrected chi connectivity index (χ2v) is 5.20. The number of rotatable bonds is 5. The van der Waals surface area contributed by atoms with Crippen LogP contribution in [0.15, 0.2) is 36.4 Å². The van der Waals surface area contributed by atoms with Gasteiger partial charge >= 0.3 is 5.97 Å². The number of ketones is 1. The van der Waals surface area contributed by atoms with Crippen LogP contribution in [0.2, 0.25) is 5.02 Å². The molecule has 0 saturated carbocycles. The first kappa shape index (κ1) is 17.4. The first-order valence-electron chi connectivity index (χ1n) is 6.68. The fourth-order valence-electron chi connectivity index (χ4n) is 1.94. The molecular formula is C16H12ClNO6. The smallest absolute Gasteiger partial charge is 0.379 e. The lowest BCUT2D eigenvalue weighted by molar-refractivity contribution is -0.385. The maximum absolute atomic E-state index is 12.0. The number of hydrogen-bond donors (Lipinski definition) is 0. The number of aryl methyl sites for hydroxylation is 1. The highest BCUT2D eigenvalue weighted by Gasteiger charge is 2.27. The maximum Gasteiger partial charge on any atom is 0.379 e. The molecule has 2 rings (SSSR count). The third-order valence-corrected chi connectivity index (χ3v) is 3.39. The van der Waals surface area contributed by atoms with Gasteiger partial charge in [-0.15, -0.1) is 0 Å². The number of methoxy groups -OCH3 is 1. The van der Waals surface area contributed by atoms with Crippen molar-refractivity contribution >= 4 is 29.0 Å². The number of carbonyl (C=O) groups excluding carboxylic acids is 2. The average Bonchev–Trinajstić information content (AvgIpc) is 2.55. The number of nitrogens with zero attached hydrogens (tertiary/aromatic N) is 1. The van der Waals surface area contributed by atoms with E-state index in [9.17, 15) is 19.7 Å². The van der Waals surface area contributed by atoms with E-state index in [1.165, 1.54) is 6.07 Å². The van der Waals surface area contributed by atoms with Crippen LogP contribution in [0.4, 0.5) is 5.69 Å². The molecule has 24 heavy (non-hydrogen) atoms. The molecule has 0 aliphatic carbocycles. The molecule has 8 heteroatoms.